The van der Waals surface area contributed by atoms with Crippen molar-refractivity contribution >= 4 is 35.3 Å². The molecule has 3 rings (SSSR count). The zero-order chi connectivity index (χ0) is 15.5. The number of carbonyl (C=O) groups is 1. The van der Waals surface area contributed by atoms with Crippen LogP contribution in [0.1, 0.15) is 23.0 Å². The Morgan fingerprint density at radius 2 is 1.82 bits per heavy atom. The van der Waals surface area contributed by atoms with Crippen molar-refractivity contribution in [2.75, 3.05) is 18.4 Å². The Labute approximate surface area is 139 Å². The van der Waals surface area contributed by atoms with Crippen LogP contribution in [0.25, 0.3) is 0 Å². The van der Waals surface area contributed by atoms with Crippen LogP contribution in [0.2, 0.25) is 10.0 Å². The average Bonchev–Trinajstić information content (AvgIpc) is 2.97. The molecular formula is C17H16Cl2N2O. The quantitative estimate of drug-likeness (QED) is 0.828. The molecule has 1 fully saturated rings. The third kappa shape index (κ3) is 3.12. The van der Waals surface area contributed by atoms with Gasteiger partial charge < -0.3 is 10.6 Å². The lowest BCUT2D eigenvalue weighted by Gasteiger charge is -2.22. The molecule has 2 aromatic rings. The second-order valence-corrected chi connectivity index (χ2v) is 6.29. The van der Waals surface area contributed by atoms with Crippen LogP contribution in [-0.4, -0.2) is 19.5 Å². The fourth-order valence-corrected chi connectivity index (χ4v) is 3.50. The summed E-state index contributed by atoms with van der Waals surface area (Å²) in [5, 5.41) is 7.54. The Morgan fingerprint density at radius 1 is 1.05 bits per heavy atom. The Hall–Kier alpha value is -1.55. The third-order valence-electron chi connectivity index (χ3n) is 4.12. The molecule has 0 saturated carbocycles. The van der Waals surface area contributed by atoms with Crippen molar-refractivity contribution in [1.29, 1.82) is 0 Å². The summed E-state index contributed by atoms with van der Waals surface area (Å²) in [7, 11) is 0. The van der Waals surface area contributed by atoms with Crippen molar-refractivity contribution in [3.63, 3.8) is 0 Å². The summed E-state index contributed by atoms with van der Waals surface area (Å²) in [5.41, 5.74) is 3.06. The van der Waals surface area contributed by atoms with Crippen molar-refractivity contribution in [3.8, 4) is 0 Å². The Balaban J connectivity index is 1.98. The maximum atomic E-state index is 10.9. The van der Waals surface area contributed by atoms with Gasteiger partial charge in [-0.15, -0.1) is 0 Å². The minimum absolute atomic E-state index is 0.262. The monoisotopic (exact) mass is 334 g/mol. The number of rotatable bonds is 4. The summed E-state index contributed by atoms with van der Waals surface area (Å²) in [5.74, 6) is 0.574. The van der Waals surface area contributed by atoms with Gasteiger partial charge in [0.15, 0.2) is 0 Å². The molecule has 1 aliphatic heterocycles. The standard InChI is InChI=1S/C17H16Cl2N2O/c18-12-3-1-2-11(6-12)15-8-20-9-16(15)14-5-4-13(19)7-17(14)21-10-22/h1-7,10,15-16,20H,8-9H2,(H,21,22). The predicted octanol–water partition coefficient (Wildman–Crippen LogP) is 4.03. The van der Waals surface area contributed by atoms with E-state index in [9.17, 15) is 4.79 Å². The van der Waals surface area contributed by atoms with Crippen molar-refractivity contribution in [2.45, 2.75) is 11.8 Å². The molecule has 2 unspecified atom stereocenters. The molecule has 5 heteroatoms. The van der Waals surface area contributed by atoms with E-state index >= 15 is 0 Å². The molecule has 0 aliphatic carbocycles. The molecule has 3 nitrogen and oxygen atoms in total. The van der Waals surface area contributed by atoms with Gasteiger partial charge >= 0.3 is 0 Å². The van der Waals surface area contributed by atoms with Gasteiger partial charge in [0.05, 0.1) is 0 Å². The average molecular weight is 335 g/mol. The Kier molecular flexibility index (Phi) is 4.67. The molecule has 1 amide bonds. The van der Waals surface area contributed by atoms with E-state index in [1.165, 1.54) is 5.56 Å². The van der Waals surface area contributed by atoms with Gasteiger partial charge in [0.25, 0.3) is 0 Å². The lowest BCUT2D eigenvalue weighted by Crippen LogP contribution is -2.12. The molecule has 2 N–H and O–H groups in total. The molecule has 1 heterocycles. The molecule has 0 bridgehead atoms. The molecule has 114 valence electrons. The van der Waals surface area contributed by atoms with E-state index in [1.54, 1.807) is 6.07 Å². The maximum absolute atomic E-state index is 10.9. The van der Waals surface area contributed by atoms with Crippen LogP contribution in [0.5, 0.6) is 0 Å². The maximum Gasteiger partial charge on any atom is 0.211 e. The van der Waals surface area contributed by atoms with Crippen LogP contribution in [0, 0.1) is 0 Å². The second-order valence-electron chi connectivity index (χ2n) is 5.42. The summed E-state index contributed by atoms with van der Waals surface area (Å²) in [6.45, 7) is 1.74. The minimum atomic E-state index is 0.262. The van der Waals surface area contributed by atoms with Crippen LogP contribution in [-0.2, 0) is 4.79 Å². The van der Waals surface area contributed by atoms with Gasteiger partial charge in [-0.05, 0) is 35.4 Å². The zero-order valence-corrected chi connectivity index (χ0v) is 13.4. The normalized spacial score (nSPS) is 20.8. The van der Waals surface area contributed by atoms with E-state index in [2.05, 4.69) is 16.7 Å². The SMILES string of the molecule is O=CNc1cc(Cl)ccc1C1CNCC1c1cccc(Cl)c1. The lowest BCUT2D eigenvalue weighted by molar-refractivity contribution is -0.105. The first-order valence-corrected chi connectivity index (χ1v) is 7.90. The van der Waals surface area contributed by atoms with Crippen molar-refractivity contribution < 1.29 is 4.79 Å². The van der Waals surface area contributed by atoms with Gasteiger partial charge in [-0.1, -0.05) is 41.4 Å². The van der Waals surface area contributed by atoms with E-state index in [1.807, 2.05) is 30.3 Å². The number of hydrogen-bond donors (Lipinski definition) is 2. The Bertz CT molecular complexity index is 690. The van der Waals surface area contributed by atoms with E-state index in [0.717, 1.165) is 29.4 Å². The van der Waals surface area contributed by atoms with Gasteiger partial charge in [0.1, 0.15) is 0 Å². The first kappa shape index (κ1) is 15.3. The van der Waals surface area contributed by atoms with Crippen LogP contribution in [0.3, 0.4) is 0 Å². The number of anilines is 1. The van der Waals surface area contributed by atoms with Crippen molar-refractivity contribution in [3.05, 3.63) is 63.6 Å². The first-order valence-electron chi connectivity index (χ1n) is 7.15. The highest BCUT2D eigenvalue weighted by Crippen LogP contribution is 2.40. The molecule has 2 aromatic carbocycles. The minimum Gasteiger partial charge on any atom is -0.328 e. The van der Waals surface area contributed by atoms with E-state index in [4.69, 9.17) is 23.2 Å². The highest BCUT2D eigenvalue weighted by molar-refractivity contribution is 6.31. The fraction of sp³-hybridized carbons (Fsp3) is 0.235. The van der Waals surface area contributed by atoms with Gasteiger partial charge in [-0.2, -0.15) is 0 Å². The van der Waals surface area contributed by atoms with E-state index in [-0.39, 0.29) is 5.92 Å². The molecule has 2 atom stereocenters. The summed E-state index contributed by atoms with van der Waals surface area (Å²) in [6.07, 6.45) is 0.686. The number of benzene rings is 2. The van der Waals surface area contributed by atoms with E-state index < -0.39 is 0 Å². The largest absolute Gasteiger partial charge is 0.328 e. The molecule has 0 aromatic heterocycles. The van der Waals surface area contributed by atoms with Gasteiger partial charge in [0.2, 0.25) is 6.41 Å². The first-order chi connectivity index (χ1) is 10.7. The summed E-state index contributed by atoms with van der Waals surface area (Å²) in [6, 6.07) is 13.6. The van der Waals surface area contributed by atoms with Crippen LogP contribution < -0.4 is 10.6 Å². The van der Waals surface area contributed by atoms with Crippen molar-refractivity contribution in [1.82, 2.24) is 5.32 Å². The lowest BCUT2D eigenvalue weighted by atomic mass is 9.83. The smallest absolute Gasteiger partial charge is 0.211 e. The number of carbonyl (C=O) groups excluding carboxylic acids is 1. The summed E-state index contributed by atoms with van der Waals surface area (Å²) in [4.78, 5) is 10.9. The molecule has 0 radical (unpaired) electrons. The fourth-order valence-electron chi connectivity index (χ4n) is 3.13. The number of halogens is 2. The van der Waals surface area contributed by atoms with E-state index in [0.29, 0.717) is 17.4 Å². The molecular weight excluding hydrogens is 319 g/mol. The summed E-state index contributed by atoms with van der Waals surface area (Å²) >= 11 is 12.2. The number of amides is 1. The highest BCUT2D eigenvalue weighted by atomic mass is 35.5. The third-order valence-corrected chi connectivity index (χ3v) is 4.59. The Morgan fingerprint density at radius 3 is 2.59 bits per heavy atom. The van der Waals surface area contributed by atoms with Crippen LogP contribution in [0.4, 0.5) is 5.69 Å². The van der Waals surface area contributed by atoms with Crippen molar-refractivity contribution in [2.24, 2.45) is 0 Å². The summed E-state index contributed by atoms with van der Waals surface area (Å²) < 4.78 is 0. The van der Waals surface area contributed by atoms with Gasteiger partial charge in [-0.25, -0.2) is 0 Å². The highest BCUT2D eigenvalue weighted by Gasteiger charge is 2.31. The topological polar surface area (TPSA) is 41.1 Å². The molecule has 0 spiro atoms. The molecule has 1 saturated heterocycles. The van der Waals surface area contributed by atoms with Crippen LogP contribution in [0.15, 0.2) is 42.5 Å². The number of nitrogens with one attached hydrogen (secondary N) is 2. The molecule has 1 aliphatic rings. The second kappa shape index (κ2) is 6.69. The zero-order valence-electron chi connectivity index (χ0n) is 11.9. The number of hydrogen-bond acceptors (Lipinski definition) is 2. The van der Waals surface area contributed by atoms with Gasteiger partial charge in [-0.3, -0.25) is 4.79 Å². The molecule has 22 heavy (non-hydrogen) atoms. The van der Waals surface area contributed by atoms with Gasteiger partial charge in [0, 0.05) is 40.7 Å². The predicted molar refractivity (Wildman–Crippen MR) is 90.9 cm³/mol. The van der Waals surface area contributed by atoms with Crippen LogP contribution >= 0.6 is 23.2 Å².